The minimum atomic E-state index is -0.230. The summed E-state index contributed by atoms with van der Waals surface area (Å²) in [5, 5.41) is 0.877. The molecular formula is C36H35N3O5. The van der Waals surface area contributed by atoms with Crippen LogP contribution in [0.15, 0.2) is 103 Å². The van der Waals surface area contributed by atoms with Gasteiger partial charge in [0.25, 0.3) is 5.91 Å². The maximum absolute atomic E-state index is 13.7. The predicted octanol–water partition coefficient (Wildman–Crippen LogP) is 5.86. The first-order valence-corrected chi connectivity index (χ1v) is 14.6. The van der Waals surface area contributed by atoms with E-state index in [4.69, 9.17) is 14.2 Å². The van der Waals surface area contributed by atoms with Gasteiger partial charge in [-0.25, -0.2) is 0 Å². The van der Waals surface area contributed by atoms with Gasteiger partial charge in [0.2, 0.25) is 5.91 Å². The standard InChI is InChI=1S/C36H35N3O5/c1-42-31-10-6-9-27(18-31)21-39-29(17-25-11-13-30(14-12-25)44-24-26-7-4-3-5-8-26)22-38(23-35(39)40)36(41)34-20-28-19-32(43-2)15-16-33(28)37-34/h3-16,18-20,29,37H,17,21-24H2,1-2H3/t29-/m0/s1. The van der Waals surface area contributed by atoms with Crippen LogP contribution in [0.5, 0.6) is 17.2 Å². The Kier molecular flexibility index (Phi) is 8.50. The molecule has 8 nitrogen and oxygen atoms in total. The van der Waals surface area contributed by atoms with E-state index >= 15 is 0 Å². The molecule has 2 amide bonds. The van der Waals surface area contributed by atoms with Crippen LogP contribution in [-0.2, 0) is 24.4 Å². The van der Waals surface area contributed by atoms with Crippen molar-refractivity contribution in [2.75, 3.05) is 27.3 Å². The lowest BCUT2D eigenvalue weighted by molar-refractivity contribution is -0.139. The van der Waals surface area contributed by atoms with E-state index in [0.29, 0.717) is 37.6 Å². The Labute approximate surface area is 256 Å². The van der Waals surface area contributed by atoms with E-state index in [1.807, 2.05) is 108 Å². The number of rotatable bonds is 10. The highest BCUT2D eigenvalue weighted by molar-refractivity contribution is 6.00. The van der Waals surface area contributed by atoms with Crippen LogP contribution in [0.4, 0.5) is 0 Å². The van der Waals surface area contributed by atoms with Gasteiger partial charge in [0.15, 0.2) is 0 Å². The maximum atomic E-state index is 13.7. The van der Waals surface area contributed by atoms with E-state index in [-0.39, 0.29) is 24.4 Å². The molecule has 4 aromatic carbocycles. The number of fused-ring (bicyclic) bond motifs is 1. The third-order valence-corrected chi connectivity index (χ3v) is 7.99. The molecule has 1 saturated heterocycles. The largest absolute Gasteiger partial charge is 0.497 e. The number of ether oxygens (including phenoxy) is 3. The molecule has 0 aliphatic carbocycles. The molecule has 5 aromatic rings. The van der Waals surface area contributed by atoms with Gasteiger partial charge in [0.1, 0.15) is 36.1 Å². The van der Waals surface area contributed by atoms with Crippen LogP contribution < -0.4 is 14.2 Å². The summed E-state index contributed by atoms with van der Waals surface area (Å²) in [4.78, 5) is 34.1. The first-order valence-electron chi connectivity index (χ1n) is 14.6. The number of nitrogens with one attached hydrogen (secondary N) is 1. The second-order valence-electron chi connectivity index (χ2n) is 11.0. The van der Waals surface area contributed by atoms with Gasteiger partial charge in [0.05, 0.1) is 20.3 Å². The van der Waals surface area contributed by atoms with Gasteiger partial charge in [-0.15, -0.1) is 0 Å². The summed E-state index contributed by atoms with van der Waals surface area (Å²) in [6.07, 6.45) is 0.586. The SMILES string of the molecule is COc1cccc(CN2C(=O)CN(C(=O)c3cc4cc(OC)ccc4[nH]3)C[C@@H]2Cc2ccc(OCc3ccccc3)cc2)c1. The fourth-order valence-corrected chi connectivity index (χ4v) is 5.65. The molecule has 0 saturated carbocycles. The Bertz CT molecular complexity index is 1750. The highest BCUT2D eigenvalue weighted by Crippen LogP contribution is 2.26. The Balaban J connectivity index is 1.21. The summed E-state index contributed by atoms with van der Waals surface area (Å²) in [6, 6.07) is 33.0. The van der Waals surface area contributed by atoms with Crippen molar-refractivity contribution in [3.05, 3.63) is 126 Å². The minimum Gasteiger partial charge on any atom is -0.497 e. The Morgan fingerprint density at radius 2 is 1.52 bits per heavy atom. The van der Waals surface area contributed by atoms with Crippen LogP contribution in [0.3, 0.4) is 0 Å². The number of methoxy groups -OCH3 is 2. The summed E-state index contributed by atoms with van der Waals surface area (Å²) < 4.78 is 16.7. The van der Waals surface area contributed by atoms with Gasteiger partial charge in [-0.1, -0.05) is 54.6 Å². The lowest BCUT2D eigenvalue weighted by Gasteiger charge is -2.41. The van der Waals surface area contributed by atoms with Crippen molar-refractivity contribution in [1.82, 2.24) is 14.8 Å². The molecule has 1 aromatic heterocycles. The highest BCUT2D eigenvalue weighted by atomic mass is 16.5. The Morgan fingerprint density at radius 1 is 0.795 bits per heavy atom. The Morgan fingerprint density at radius 3 is 2.30 bits per heavy atom. The minimum absolute atomic E-state index is 0.00422. The molecular weight excluding hydrogens is 554 g/mol. The monoisotopic (exact) mass is 589 g/mol. The highest BCUT2D eigenvalue weighted by Gasteiger charge is 2.35. The summed E-state index contributed by atoms with van der Waals surface area (Å²) >= 11 is 0. The van der Waals surface area contributed by atoms with E-state index in [2.05, 4.69) is 4.98 Å². The van der Waals surface area contributed by atoms with Crippen molar-refractivity contribution in [3.63, 3.8) is 0 Å². The van der Waals surface area contributed by atoms with E-state index in [1.165, 1.54) is 0 Å². The molecule has 44 heavy (non-hydrogen) atoms. The van der Waals surface area contributed by atoms with Crippen molar-refractivity contribution in [2.45, 2.75) is 25.6 Å². The van der Waals surface area contributed by atoms with Gasteiger partial charge >= 0.3 is 0 Å². The third kappa shape index (κ3) is 6.54. The number of piperazine rings is 1. The van der Waals surface area contributed by atoms with Crippen molar-refractivity contribution >= 4 is 22.7 Å². The molecule has 8 heteroatoms. The van der Waals surface area contributed by atoms with Crippen LogP contribution in [-0.4, -0.2) is 59.9 Å². The van der Waals surface area contributed by atoms with Crippen molar-refractivity contribution in [3.8, 4) is 17.2 Å². The third-order valence-electron chi connectivity index (χ3n) is 7.99. The molecule has 0 radical (unpaired) electrons. The summed E-state index contributed by atoms with van der Waals surface area (Å²) in [5.41, 5.74) is 4.41. The van der Waals surface area contributed by atoms with Crippen molar-refractivity contribution in [1.29, 1.82) is 0 Å². The number of aromatic amines is 1. The lowest BCUT2D eigenvalue weighted by Crippen LogP contribution is -2.58. The number of nitrogens with zero attached hydrogens (tertiary/aromatic N) is 2. The van der Waals surface area contributed by atoms with Gasteiger partial charge in [-0.3, -0.25) is 9.59 Å². The number of benzene rings is 4. The van der Waals surface area contributed by atoms with Crippen LogP contribution >= 0.6 is 0 Å². The van der Waals surface area contributed by atoms with Crippen LogP contribution in [0, 0.1) is 0 Å². The van der Waals surface area contributed by atoms with Crippen molar-refractivity contribution < 1.29 is 23.8 Å². The smallest absolute Gasteiger partial charge is 0.270 e. The van der Waals surface area contributed by atoms with Crippen LogP contribution in [0.25, 0.3) is 10.9 Å². The second kappa shape index (κ2) is 13.0. The molecule has 1 fully saturated rings. The number of hydrogen-bond acceptors (Lipinski definition) is 5. The number of amides is 2. The van der Waals surface area contributed by atoms with Gasteiger partial charge < -0.3 is 29.0 Å². The molecule has 6 rings (SSSR count). The zero-order chi connectivity index (χ0) is 30.5. The van der Waals surface area contributed by atoms with Gasteiger partial charge in [0, 0.05) is 24.0 Å². The number of carbonyl (C=O) groups is 2. The maximum Gasteiger partial charge on any atom is 0.270 e. The molecule has 0 spiro atoms. The molecule has 0 unspecified atom stereocenters. The van der Waals surface area contributed by atoms with E-state index in [9.17, 15) is 9.59 Å². The quantitative estimate of drug-likeness (QED) is 0.221. The second-order valence-corrected chi connectivity index (χ2v) is 11.0. The van der Waals surface area contributed by atoms with E-state index in [0.717, 1.165) is 39.1 Å². The zero-order valence-corrected chi connectivity index (χ0v) is 24.9. The predicted molar refractivity (Wildman–Crippen MR) is 169 cm³/mol. The molecule has 1 aliphatic heterocycles. The molecule has 1 N–H and O–H groups in total. The molecule has 0 bridgehead atoms. The van der Waals surface area contributed by atoms with Gasteiger partial charge in [-0.05, 0) is 71.6 Å². The molecule has 1 aliphatic rings. The first kappa shape index (κ1) is 28.9. The average Bonchev–Trinajstić information content (AvgIpc) is 3.49. The summed E-state index contributed by atoms with van der Waals surface area (Å²) in [7, 11) is 3.24. The molecule has 224 valence electrons. The number of hydrogen-bond donors (Lipinski definition) is 1. The average molecular weight is 590 g/mol. The lowest BCUT2D eigenvalue weighted by atomic mass is 10.00. The number of H-pyrrole nitrogens is 1. The van der Waals surface area contributed by atoms with Gasteiger partial charge in [-0.2, -0.15) is 0 Å². The van der Waals surface area contributed by atoms with Crippen molar-refractivity contribution in [2.24, 2.45) is 0 Å². The fourth-order valence-electron chi connectivity index (χ4n) is 5.65. The van der Waals surface area contributed by atoms with E-state index < -0.39 is 0 Å². The summed E-state index contributed by atoms with van der Waals surface area (Å²) in [6.45, 7) is 1.32. The zero-order valence-electron chi connectivity index (χ0n) is 24.9. The molecule has 1 atom stereocenters. The Hall–Kier alpha value is -5.24. The first-order chi connectivity index (χ1) is 21.5. The molecule has 2 heterocycles. The topological polar surface area (TPSA) is 84.1 Å². The normalized spacial score (nSPS) is 15.0. The fraction of sp³-hybridized carbons (Fsp3) is 0.222. The number of carbonyl (C=O) groups excluding carboxylic acids is 2. The van der Waals surface area contributed by atoms with Crippen LogP contribution in [0.1, 0.15) is 27.2 Å². The van der Waals surface area contributed by atoms with E-state index in [1.54, 1.807) is 19.1 Å². The summed E-state index contributed by atoms with van der Waals surface area (Å²) in [5.74, 6) is 1.93. The van der Waals surface area contributed by atoms with Crippen LogP contribution in [0.2, 0.25) is 0 Å². The number of aromatic nitrogens is 1.